The Bertz CT molecular complexity index is 1200. The fourth-order valence-corrected chi connectivity index (χ4v) is 5.46. The Kier molecular flexibility index (Phi) is 9.08. The number of piperidine rings is 1. The Balaban J connectivity index is 0.00000320. The van der Waals surface area contributed by atoms with E-state index in [1.807, 2.05) is 35.2 Å². The Labute approximate surface area is 228 Å². The first kappa shape index (κ1) is 27.4. The maximum absolute atomic E-state index is 13.6. The van der Waals surface area contributed by atoms with Crippen molar-refractivity contribution in [3.05, 3.63) is 65.1 Å². The third-order valence-electron chi connectivity index (χ3n) is 7.40. The number of piperazine rings is 1. The van der Waals surface area contributed by atoms with E-state index in [1.54, 1.807) is 18.3 Å². The zero-order valence-electron chi connectivity index (χ0n) is 21.0. The van der Waals surface area contributed by atoms with Crippen molar-refractivity contribution in [2.24, 2.45) is 0 Å². The highest BCUT2D eigenvalue weighted by molar-refractivity contribution is 6.31. The molecule has 2 N–H and O–H groups in total. The van der Waals surface area contributed by atoms with Crippen LogP contribution in [0.25, 0.3) is 10.9 Å². The van der Waals surface area contributed by atoms with Crippen LogP contribution < -0.4 is 5.32 Å². The van der Waals surface area contributed by atoms with Gasteiger partial charge in [-0.15, -0.1) is 12.4 Å². The second-order valence-electron chi connectivity index (χ2n) is 9.86. The maximum Gasteiger partial charge on any atom is 0.268 e. The van der Waals surface area contributed by atoms with Gasteiger partial charge in [0, 0.05) is 66.5 Å². The van der Waals surface area contributed by atoms with Crippen molar-refractivity contribution in [1.29, 1.82) is 0 Å². The molecule has 1 atom stereocenters. The Morgan fingerprint density at radius 1 is 1.08 bits per heavy atom. The minimum atomic E-state index is -0.697. The van der Waals surface area contributed by atoms with Crippen LogP contribution in [0.4, 0.5) is 0 Å². The molecule has 0 bridgehead atoms. The van der Waals surface area contributed by atoms with E-state index < -0.39 is 6.04 Å². The van der Waals surface area contributed by atoms with Crippen LogP contribution in [0.15, 0.2) is 48.7 Å². The Hall–Kier alpha value is -2.65. The molecule has 1 aromatic carbocycles. The van der Waals surface area contributed by atoms with Crippen LogP contribution in [0.3, 0.4) is 0 Å². The van der Waals surface area contributed by atoms with Gasteiger partial charge in [-0.25, -0.2) is 0 Å². The van der Waals surface area contributed by atoms with E-state index in [4.69, 9.17) is 11.6 Å². The second kappa shape index (κ2) is 12.3. The average molecular weight is 546 g/mol. The highest BCUT2D eigenvalue weighted by Crippen LogP contribution is 2.21. The van der Waals surface area contributed by atoms with Crippen molar-refractivity contribution in [2.75, 3.05) is 46.3 Å². The van der Waals surface area contributed by atoms with E-state index in [0.29, 0.717) is 36.3 Å². The molecule has 3 aromatic rings. The number of H-pyrrole nitrogens is 1. The van der Waals surface area contributed by atoms with Crippen LogP contribution in [-0.2, 0) is 11.2 Å². The first-order chi connectivity index (χ1) is 17.5. The molecule has 2 fully saturated rings. The zero-order valence-corrected chi connectivity index (χ0v) is 22.6. The quantitative estimate of drug-likeness (QED) is 0.497. The van der Waals surface area contributed by atoms with Gasteiger partial charge in [-0.1, -0.05) is 17.7 Å². The van der Waals surface area contributed by atoms with Crippen LogP contribution in [-0.4, -0.2) is 94.9 Å². The van der Waals surface area contributed by atoms with Gasteiger partial charge < -0.3 is 20.1 Å². The van der Waals surface area contributed by atoms with Crippen LogP contribution in [0.5, 0.6) is 0 Å². The van der Waals surface area contributed by atoms with Gasteiger partial charge in [0.1, 0.15) is 11.7 Å². The van der Waals surface area contributed by atoms with E-state index in [9.17, 15) is 9.59 Å². The fourth-order valence-electron chi connectivity index (χ4n) is 5.28. The van der Waals surface area contributed by atoms with Crippen molar-refractivity contribution in [2.45, 2.75) is 31.3 Å². The third kappa shape index (κ3) is 6.62. The van der Waals surface area contributed by atoms with Crippen LogP contribution >= 0.6 is 24.0 Å². The molecular formula is C27H34Cl2N6O2. The molecule has 0 unspecified atom stereocenters. The predicted molar refractivity (Wildman–Crippen MR) is 148 cm³/mol. The van der Waals surface area contributed by atoms with Crippen molar-refractivity contribution in [3.63, 3.8) is 0 Å². The number of nitrogens with one attached hydrogen (secondary N) is 2. The molecule has 8 nitrogen and oxygen atoms in total. The average Bonchev–Trinajstić information content (AvgIpc) is 3.32. The number of benzene rings is 1. The molecule has 5 rings (SSSR count). The maximum atomic E-state index is 13.6. The molecule has 0 radical (unpaired) electrons. The van der Waals surface area contributed by atoms with Gasteiger partial charge in [0.15, 0.2) is 0 Å². The first-order valence-corrected chi connectivity index (χ1v) is 13.0. The number of nitrogens with zero attached hydrogens (tertiary/aromatic N) is 4. The number of likely N-dealkylation sites (tertiary alicyclic amines) is 1. The summed E-state index contributed by atoms with van der Waals surface area (Å²) in [4.78, 5) is 41.2. The van der Waals surface area contributed by atoms with Crippen molar-refractivity contribution < 1.29 is 9.59 Å². The van der Waals surface area contributed by atoms with E-state index in [1.165, 1.54) is 12.8 Å². The van der Waals surface area contributed by atoms with Gasteiger partial charge in [-0.05, 0) is 69.4 Å². The molecule has 2 amide bonds. The van der Waals surface area contributed by atoms with Gasteiger partial charge in [-0.2, -0.15) is 0 Å². The summed E-state index contributed by atoms with van der Waals surface area (Å²) >= 11 is 6.10. The largest absolute Gasteiger partial charge is 0.351 e. The highest BCUT2D eigenvalue weighted by atomic mass is 35.5. The van der Waals surface area contributed by atoms with E-state index in [2.05, 4.69) is 32.1 Å². The molecule has 2 saturated heterocycles. The number of carbonyl (C=O) groups excluding carboxylic acids is 2. The SMILES string of the molecule is CN1CCC(N2CCN(C(=O)[C@@H](Cc3ccccn3)NC(=O)c3cc4cc(Cl)ccc4[nH]3)CC2)CC1.Cl. The topological polar surface area (TPSA) is 84.6 Å². The summed E-state index contributed by atoms with van der Waals surface area (Å²) in [6.45, 7) is 5.33. The molecule has 2 aliphatic heterocycles. The number of hydrogen-bond acceptors (Lipinski definition) is 5. The summed E-state index contributed by atoms with van der Waals surface area (Å²) < 4.78 is 0. The molecule has 0 aliphatic carbocycles. The number of hydrogen-bond donors (Lipinski definition) is 2. The van der Waals surface area contributed by atoms with Gasteiger partial charge in [0.25, 0.3) is 5.91 Å². The van der Waals surface area contributed by atoms with Gasteiger partial charge in [0.05, 0.1) is 0 Å². The number of halogens is 2. The standard InChI is InChI=1S/C27H33ClN6O2.ClH/c1-32-10-7-22(8-11-32)33-12-14-34(15-13-33)27(36)25(18-21-4-2-3-9-29-21)31-26(35)24-17-19-16-20(28)5-6-23(19)30-24;/h2-6,9,16-17,22,25,30H,7-8,10-15,18H2,1H3,(H,31,35);1H/t25-;/m1./s1. The molecule has 2 aromatic heterocycles. The van der Waals surface area contributed by atoms with Crippen molar-refractivity contribution in [1.82, 2.24) is 30.0 Å². The van der Waals surface area contributed by atoms with E-state index in [-0.39, 0.29) is 24.2 Å². The van der Waals surface area contributed by atoms with Gasteiger partial charge >= 0.3 is 0 Å². The smallest absolute Gasteiger partial charge is 0.268 e. The summed E-state index contributed by atoms with van der Waals surface area (Å²) in [6, 6.07) is 12.7. The van der Waals surface area contributed by atoms with Crippen molar-refractivity contribution >= 4 is 46.7 Å². The summed E-state index contributed by atoms with van der Waals surface area (Å²) in [5, 5.41) is 4.44. The molecular weight excluding hydrogens is 511 g/mol. The lowest BCUT2D eigenvalue weighted by Crippen LogP contribution is -2.58. The third-order valence-corrected chi connectivity index (χ3v) is 7.64. The lowest BCUT2D eigenvalue weighted by molar-refractivity contribution is -0.135. The monoisotopic (exact) mass is 544 g/mol. The minimum absolute atomic E-state index is 0. The van der Waals surface area contributed by atoms with Crippen LogP contribution in [0, 0.1) is 0 Å². The number of rotatable bonds is 6. The first-order valence-electron chi connectivity index (χ1n) is 12.7. The predicted octanol–water partition coefficient (Wildman–Crippen LogP) is 3.22. The number of aromatic nitrogens is 2. The number of pyridine rings is 1. The Morgan fingerprint density at radius 3 is 2.54 bits per heavy atom. The fraction of sp³-hybridized carbons (Fsp3) is 0.444. The molecule has 0 saturated carbocycles. The molecule has 4 heterocycles. The summed E-state index contributed by atoms with van der Waals surface area (Å²) in [6.07, 6.45) is 4.41. The molecule has 198 valence electrons. The van der Waals surface area contributed by atoms with Crippen LogP contribution in [0.1, 0.15) is 29.0 Å². The number of fused-ring (bicyclic) bond motifs is 1. The summed E-state index contributed by atoms with van der Waals surface area (Å²) in [5.74, 6) is -0.377. The van der Waals surface area contributed by atoms with Gasteiger partial charge in [0.2, 0.25) is 5.91 Å². The molecule has 2 aliphatic rings. The molecule has 0 spiro atoms. The zero-order chi connectivity index (χ0) is 25.1. The number of aromatic amines is 1. The Morgan fingerprint density at radius 2 is 1.84 bits per heavy atom. The number of amides is 2. The van der Waals surface area contributed by atoms with Gasteiger partial charge in [-0.3, -0.25) is 19.5 Å². The normalized spacial score (nSPS) is 18.4. The second-order valence-corrected chi connectivity index (χ2v) is 10.3. The highest BCUT2D eigenvalue weighted by Gasteiger charge is 2.32. The number of carbonyl (C=O) groups is 2. The van der Waals surface area contributed by atoms with E-state index >= 15 is 0 Å². The van der Waals surface area contributed by atoms with E-state index in [0.717, 1.165) is 42.8 Å². The summed E-state index contributed by atoms with van der Waals surface area (Å²) in [5.41, 5.74) is 1.99. The molecule has 37 heavy (non-hydrogen) atoms. The van der Waals surface area contributed by atoms with Crippen molar-refractivity contribution in [3.8, 4) is 0 Å². The molecule has 10 heteroatoms. The minimum Gasteiger partial charge on any atom is -0.351 e. The lowest BCUT2D eigenvalue weighted by atomic mass is 10.0. The summed E-state index contributed by atoms with van der Waals surface area (Å²) in [7, 11) is 2.17. The lowest BCUT2D eigenvalue weighted by Gasteiger charge is -2.42. The van der Waals surface area contributed by atoms with Crippen LogP contribution in [0.2, 0.25) is 5.02 Å².